The van der Waals surface area contributed by atoms with Crippen LogP contribution in [0.2, 0.25) is 0 Å². The zero-order chi connectivity index (χ0) is 29.1. The summed E-state index contributed by atoms with van der Waals surface area (Å²) in [5, 5.41) is 0.974. The molecule has 1 aromatic heterocycles. The first kappa shape index (κ1) is 28.4. The highest BCUT2D eigenvalue weighted by Crippen LogP contribution is 2.40. The van der Waals surface area contributed by atoms with Gasteiger partial charge in [-0.25, -0.2) is 12.7 Å². The molecule has 0 fully saturated rings. The number of amides is 1. The third-order valence-corrected chi connectivity index (χ3v) is 9.44. The van der Waals surface area contributed by atoms with Crippen molar-refractivity contribution in [3.05, 3.63) is 131 Å². The first-order chi connectivity index (χ1) is 19.7. The largest absolute Gasteiger partial charge is 0.347 e. The topological polar surface area (TPSA) is 59.4 Å². The van der Waals surface area contributed by atoms with Gasteiger partial charge in [-0.3, -0.25) is 4.79 Å². The van der Waals surface area contributed by atoms with Gasteiger partial charge in [0.25, 0.3) is 15.9 Å². The molecule has 1 unspecified atom stereocenters. The summed E-state index contributed by atoms with van der Waals surface area (Å²) in [6.07, 6.45) is 2.74. The van der Waals surface area contributed by atoms with Gasteiger partial charge in [0.15, 0.2) is 0 Å². The molecule has 0 bridgehead atoms. The Morgan fingerprint density at radius 3 is 2.07 bits per heavy atom. The van der Waals surface area contributed by atoms with E-state index in [1.807, 2.05) is 57.3 Å². The minimum Gasteiger partial charge on any atom is -0.347 e. The Morgan fingerprint density at radius 2 is 1.44 bits per heavy atom. The highest BCUT2D eigenvalue weighted by Gasteiger charge is 2.39. The van der Waals surface area contributed by atoms with Gasteiger partial charge in [0.1, 0.15) is 0 Å². The molecule has 0 aliphatic heterocycles. The van der Waals surface area contributed by atoms with Crippen LogP contribution in [-0.2, 0) is 28.3 Å². The van der Waals surface area contributed by atoms with Crippen molar-refractivity contribution >= 4 is 32.5 Å². The van der Waals surface area contributed by atoms with E-state index in [-0.39, 0.29) is 4.90 Å². The van der Waals surface area contributed by atoms with E-state index in [9.17, 15) is 8.42 Å². The summed E-state index contributed by atoms with van der Waals surface area (Å²) in [6.45, 7) is 6.10. The van der Waals surface area contributed by atoms with E-state index in [1.165, 1.54) is 0 Å². The van der Waals surface area contributed by atoms with Crippen LogP contribution in [0.4, 0.5) is 5.69 Å². The molecule has 5 aromatic rings. The van der Waals surface area contributed by atoms with Crippen molar-refractivity contribution in [2.24, 2.45) is 7.05 Å². The van der Waals surface area contributed by atoms with Crippen LogP contribution in [0.1, 0.15) is 53.6 Å². The summed E-state index contributed by atoms with van der Waals surface area (Å²) in [5.74, 6) is -1.34. The molecule has 1 amide bonds. The maximum absolute atomic E-state index is 15.0. The van der Waals surface area contributed by atoms with Gasteiger partial charge in [-0.15, -0.1) is 0 Å². The van der Waals surface area contributed by atoms with Crippen molar-refractivity contribution in [3.8, 4) is 0 Å². The molecular weight excluding hydrogens is 528 g/mol. The normalized spacial score (nSPS) is 12.4. The van der Waals surface area contributed by atoms with Crippen molar-refractivity contribution in [1.82, 2.24) is 4.57 Å². The van der Waals surface area contributed by atoms with Crippen molar-refractivity contribution in [1.29, 1.82) is 0 Å². The van der Waals surface area contributed by atoms with Crippen LogP contribution in [0.3, 0.4) is 0 Å². The maximum Gasteiger partial charge on any atom is 0.270 e. The molecule has 1 heterocycles. The summed E-state index contributed by atoms with van der Waals surface area (Å²) in [6, 6.07) is 31.2. The highest BCUT2D eigenvalue weighted by molar-refractivity contribution is 7.93. The van der Waals surface area contributed by atoms with Gasteiger partial charge in [0, 0.05) is 23.6 Å². The van der Waals surface area contributed by atoms with Crippen LogP contribution in [0.5, 0.6) is 0 Å². The summed E-state index contributed by atoms with van der Waals surface area (Å²) < 4.78 is 31.8. The molecule has 6 heteroatoms. The Morgan fingerprint density at radius 1 is 0.829 bits per heavy atom. The number of aryl methyl sites for hydroxylation is 3. The number of benzene rings is 4. The van der Waals surface area contributed by atoms with Gasteiger partial charge >= 0.3 is 0 Å². The first-order valence-corrected chi connectivity index (χ1v) is 15.5. The lowest BCUT2D eigenvalue weighted by molar-refractivity contribution is -0.118. The lowest BCUT2D eigenvalue weighted by atomic mass is 9.87. The van der Waals surface area contributed by atoms with Crippen LogP contribution in [0.15, 0.2) is 108 Å². The van der Waals surface area contributed by atoms with Crippen LogP contribution < -0.4 is 4.31 Å². The van der Waals surface area contributed by atoms with E-state index in [0.29, 0.717) is 5.69 Å². The first-order valence-electron chi connectivity index (χ1n) is 14.1. The predicted molar refractivity (Wildman–Crippen MR) is 167 cm³/mol. The van der Waals surface area contributed by atoms with Crippen molar-refractivity contribution in [2.45, 2.75) is 50.8 Å². The van der Waals surface area contributed by atoms with Crippen molar-refractivity contribution < 1.29 is 13.2 Å². The molecular formula is C35H36N2O3S. The number of para-hydroxylation sites is 1. The Kier molecular flexibility index (Phi) is 8.13. The molecule has 1 atom stereocenters. The quantitative estimate of drug-likeness (QED) is 0.184. The zero-order valence-electron chi connectivity index (χ0n) is 24.0. The predicted octanol–water partition coefficient (Wildman–Crippen LogP) is 7.69. The van der Waals surface area contributed by atoms with E-state index < -0.39 is 21.8 Å². The molecule has 210 valence electrons. The summed E-state index contributed by atoms with van der Waals surface area (Å²) in [4.78, 5) is 15.1. The number of hydrogen-bond acceptors (Lipinski definition) is 3. The second-order valence-corrected chi connectivity index (χ2v) is 12.4. The van der Waals surface area contributed by atoms with Gasteiger partial charge in [-0.1, -0.05) is 91.2 Å². The molecule has 5 rings (SSSR count). The second-order valence-electron chi connectivity index (χ2n) is 10.6. The molecule has 0 N–H and O–H groups in total. The number of carbonyl (C=O) groups excluding carboxylic acids is 1. The van der Waals surface area contributed by atoms with Gasteiger partial charge in [-0.05, 0) is 74.2 Å². The maximum atomic E-state index is 15.0. The molecule has 4 aromatic carbocycles. The number of anilines is 1. The Balaban J connectivity index is 1.81. The third-order valence-electron chi connectivity index (χ3n) is 7.71. The fourth-order valence-electron chi connectivity index (χ4n) is 5.57. The van der Waals surface area contributed by atoms with Crippen LogP contribution in [0.25, 0.3) is 10.9 Å². The SMILES string of the molecule is CCCCc1c(C(C(=O)N(c2ccccc2)S(=O)(=O)c2ccc(C)cc2)c2ccccc2)c2cc(C)ccc2n1C. The molecule has 0 spiro atoms. The van der Waals surface area contributed by atoms with E-state index in [4.69, 9.17) is 0 Å². The van der Waals surface area contributed by atoms with Crippen LogP contribution in [-0.4, -0.2) is 18.9 Å². The van der Waals surface area contributed by atoms with E-state index in [2.05, 4.69) is 29.7 Å². The number of nitrogens with zero attached hydrogens (tertiary/aromatic N) is 2. The molecule has 0 radical (unpaired) electrons. The average molecular weight is 565 g/mol. The minimum atomic E-state index is -4.24. The van der Waals surface area contributed by atoms with Gasteiger partial charge < -0.3 is 4.57 Å². The number of unbranched alkanes of at least 4 members (excludes halogenated alkanes) is 1. The van der Waals surface area contributed by atoms with Crippen molar-refractivity contribution in [2.75, 3.05) is 4.31 Å². The number of rotatable bonds is 9. The molecule has 41 heavy (non-hydrogen) atoms. The summed E-state index contributed by atoms with van der Waals surface area (Å²) >= 11 is 0. The van der Waals surface area contributed by atoms with Gasteiger partial charge in [0.2, 0.25) is 0 Å². The lowest BCUT2D eigenvalue weighted by Crippen LogP contribution is -2.40. The fourth-order valence-corrected chi connectivity index (χ4v) is 7.00. The monoisotopic (exact) mass is 564 g/mol. The molecule has 5 nitrogen and oxygen atoms in total. The van der Waals surface area contributed by atoms with E-state index in [0.717, 1.165) is 62.4 Å². The number of fused-ring (bicyclic) bond motifs is 1. The minimum absolute atomic E-state index is 0.0760. The summed E-state index contributed by atoms with van der Waals surface area (Å²) in [7, 11) is -2.20. The van der Waals surface area contributed by atoms with Crippen molar-refractivity contribution in [3.63, 3.8) is 0 Å². The average Bonchev–Trinajstić information content (AvgIpc) is 3.23. The molecule has 0 aliphatic rings. The Bertz CT molecular complexity index is 1770. The number of sulfonamides is 1. The molecule has 0 aliphatic carbocycles. The van der Waals surface area contributed by atoms with E-state index in [1.54, 1.807) is 48.5 Å². The molecule has 0 saturated carbocycles. The van der Waals surface area contributed by atoms with Gasteiger partial charge in [0.05, 0.1) is 16.5 Å². The summed E-state index contributed by atoms with van der Waals surface area (Å²) in [5.41, 5.74) is 6.03. The van der Waals surface area contributed by atoms with Crippen LogP contribution in [0, 0.1) is 13.8 Å². The van der Waals surface area contributed by atoms with E-state index >= 15 is 4.79 Å². The second kappa shape index (κ2) is 11.8. The smallest absolute Gasteiger partial charge is 0.270 e. The third kappa shape index (κ3) is 5.44. The zero-order valence-corrected chi connectivity index (χ0v) is 24.9. The highest BCUT2D eigenvalue weighted by atomic mass is 32.2. The van der Waals surface area contributed by atoms with Crippen LogP contribution >= 0.6 is 0 Å². The molecule has 0 saturated heterocycles. The Labute approximate surface area is 243 Å². The lowest BCUT2D eigenvalue weighted by Gasteiger charge is -2.28. The standard InChI is InChI=1S/C35H36N2O3S/c1-5-6-17-32-34(30-24-26(3)20-23-31(30)36(32)4)33(27-13-9-7-10-14-27)35(38)37(28-15-11-8-12-16-28)41(39,40)29-21-18-25(2)19-22-29/h7-16,18-24,33H,5-6,17H2,1-4H3. The van der Waals surface area contributed by atoms with Gasteiger partial charge in [-0.2, -0.15) is 0 Å². The number of aromatic nitrogens is 1. The number of hydrogen-bond donors (Lipinski definition) is 0. The Hall–Kier alpha value is -4.16. The number of carbonyl (C=O) groups is 1. The fraction of sp³-hybridized carbons (Fsp3) is 0.229.